The predicted molar refractivity (Wildman–Crippen MR) is 96.2 cm³/mol. The number of phenols is 1. The molecule has 2 rings (SSSR count). The summed E-state index contributed by atoms with van der Waals surface area (Å²) in [5.74, 6) is 0.714. The van der Waals surface area contributed by atoms with Crippen LogP contribution in [0.15, 0.2) is 53.4 Å². The molecule has 0 fully saturated rings. The van der Waals surface area contributed by atoms with Crippen molar-refractivity contribution < 1.29 is 10.0 Å². The largest absolute Gasteiger partial charge is 0.506 e. The highest BCUT2D eigenvalue weighted by atomic mass is 32.2. The Bertz CT molecular complexity index is 696. The van der Waals surface area contributed by atoms with E-state index >= 15 is 0 Å². The number of nitro benzene ring substituents is 1. The highest BCUT2D eigenvalue weighted by molar-refractivity contribution is 7.99. The Morgan fingerprint density at radius 1 is 1.26 bits per heavy atom. The Kier molecular flexibility index (Phi) is 6.19. The molecule has 0 amide bonds. The Labute approximate surface area is 143 Å². The molecule has 0 heterocycles. The van der Waals surface area contributed by atoms with Crippen molar-refractivity contribution in [2.24, 2.45) is 0 Å². The molecule has 3 N–H and O–H groups in total. The van der Waals surface area contributed by atoms with Crippen molar-refractivity contribution in [2.75, 3.05) is 17.6 Å². The van der Waals surface area contributed by atoms with E-state index in [9.17, 15) is 15.2 Å². The van der Waals surface area contributed by atoms with Gasteiger partial charge in [0.25, 0.3) is 5.69 Å². The molecular weight excluding hydrogens is 334 g/mol. The summed E-state index contributed by atoms with van der Waals surface area (Å²) >= 11 is 6.81. The van der Waals surface area contributed by atoms with E-state index in [0.29, 0.717) is 11.7 Å². The van der Waals surface area contributed by atoms with Gasteiger partial charge in [0.1, 0.15) is 5.75 Å². The topological polar surface area (TPSA) is 87.4 Å². The quantitative estimate of drug-likeness (QED) is 0.184. The van der Waals surface area contributed by atoms with E-state index in [0.717, 1.165) is 5.75 Å². The highest BCUT2D eigenvalue weighted by Gasteiger charge is 2.11. The lowest BCUT2D eigenvalue weighted by Gasteiger charge is -2.11. The number of non-ortho nitro benzene ring substituents is 1. The van der Waals surface area contributed by atoms with Crippen molar-refractivity contribution in [3.05, 3.63) is 58.6 Å². The minimum Gasteiger partial charge on any atom is -0.506 e. The lowest BCUT2D eigenvalue weighted by molar-refractivity contribution is -0.384. The number of thiocarbonyl (C=S) groups is 1. The number of phenolic OH excluding ortho intramolecular Hbond substituents is 1. The molecule has 120 valence electrons. The number of nitrogens with one attached hydrogen (secondary N) is 2. The van der Waals surface area contributed by atoms with Gasteiger partial charge < -0.3 is 15.7 Å². The van der Waals surface area contributed by atoms with Crippen LogP contribution in [-0.2, 0) is 0 Å². The average Bonchev–Trinajstić information content (AvgIpc) is 2.54. The minimum absolute atomic E-state index is 0.0987. The Morgan fingerprint density at radius 3 is 2.70 bits per heavy atom. The number of nitrogens with zero attached hydrogens (tertiary/aromatic N) is 1. The Morgan fingerprint density at radius 2 is 2.00 bits per heavy atom. The van der Waals surface area contributed by atoms with Crippen LogP contribution in [0.5, 0.6) is 5.75 Å². The summed E-state index contributed by atoms with van der Waals surface area (Å²) in [4.78, 5) is 11.4. The van der Waals surface area contributed by atoms with Crippen LogP contribution in [0.2, 0.25) is 0 Å². The molecule has 23 heavy (non-hydrogen) atoms. The first-order valence-corrected chi connectivity index (χ1v) is 8.16. The number of nitro groups is 1. The summed E-state index contributed by atoms with van der Waals surface area (Å²) in [6.07, 6.45) is 0. The first-order valence-electron chi connectivity index (χ1n) is 6.76. The second-order valence-electron chi connectivity index (χ2n) is 4.50. The molecule has 0 aliphatic heterocycles. The molecule has 0 aliphatic rings. The Balaban J connectivity index is 1.81. The van der Waals surface area contributed by atoms with E-state index < -0.39 is 4.92 Å². The monoisotopic (exact) mass is 349 g/mol. The predicted octanol–water partition coefficient (Wildman–Crippen LogP) is 3.38. The molecular formula is C15H15N3O3S2. The average molecular weight is 349 g/mol. The number of rotatable bonds is 6. The van der Waals surface area contributed by atoms with Crippen molar-refractivity contribution in [3.63, 3.8) is 0 Å². The molecule has 2 aromatic carbocycles. The molecule has 0 saturated carbocycles. The molecule has 0 aliphatic carbocycles. The van der Waals surface area contributed by atoms with Crippen LogP contribution in [0.25, 0.3) is 0 Å². The summed E-state index contributed by atoms with van der Waals surface area (Å²) in [6.45, 7) is 0.626. The van der Waals surface area contributed by atoms with Crippen LogP contribution < -0.4 is 10.6 Å². The molecule has 2 aromatic rings. The first-order chi connectivity index (χ1) is 11.1. The molecule has 0 aromatic heterocycles. The van der Waals surface area contributed by atoms with Crippen molar-refractivity contribution >= 4 is 40.5 Å². The third kappa shape index (κ3) is 5.42. The zero-order valence-electron chi connectivity index (χ0n) is 12.1. The molecule has 6 nitrogen and oxygen atoms in total. The molecule has 0 unspecified atom stereocenters. The molecule has 8 heteroatoms. The number of benzene rings is 2. The van der Waals surface area contributed by atoms with Crippen molar-refractivity contribution in [3.8, 4) is 5.75 Å². The molecule has 0 saturated heterocycles. The molecule has 0 spiro atoms. The fraction of sp³-hybridized carbons (Fsp3) is 0.133. The number of hydrogen-bond donors (Lipinski definition) is 3. The number of anilines is 1. The zero-order valence-corrected chi connectivity index (χ0v) is 13.7. The maximum atomic E-state index is 10.7. The van der Waals surface area contributed by atoms with Gasteiger partial charge in [-0.05, 0) is 30.4 Å². The minimum atomic E-state index is -0.530. The van der Waals surface area contributed by atoms with Crippen LogP contribution in [0.3, 0.4) is 0 Å². The second kappa shape index (κ2) is 8.35. The lowest BCUT2D eigenvalue weighted by atomic mass is 10.2. The van der Waals surface area contributed by atoms with Gasteiger partial charge in [-0.25, -0.2) is 0 Å². The van der Waals surface area contributed by atoms with E-state index in [1.54, 1.807) is 11.8 Å². The van der Waals surface area contributed by atoms with Crippen molar-refractivity contribution in [1.29, 1.82) is 0 Å². The summed E-state index contributed by atoms with van der Waals surface area (Å²) in [7, 11) is 0. The van der Waals surface area contributed by atoms with E-state index in [1.165, 1.54) is 23.1 Å². The molecule has 0 atom stereocenters. The van der Waals surface area contributed by atoms with E-state index in [2.05, 4.69) is 10.6 Å². The zero-order chi connectivity index (χ0) is 16.7. The fourth-order valence-electron chi connectivity index (χ4n) is 1.75. The SMILES string of the molecule is O=[N+]([O-])c1ccc(O)c(NC(=S)NCCSc2ccccc2)c1. The van der Waals surface area contributed by atoms with Crippen LogP contribution >= 0.6 is 24.0 Å². The fourth-order valence-corrected chi connectivity index (χ4v) is 2.76. The van der Waals surface area contributed by atoms with Crippen molar-refractivity contribution in [1.82, 2.24) is 5.32 Å². The summed E-state index contributed by atoms with van der Waals surface area (Å²) < 4.78 is 0. The summed E-state index contributed by atoms with van der Waals surface area (Å²) in [5.41, 5.74) is 0.0835. The standard InChI is InChI=1S/C15H15N3O3S2/c19-14-7-6-11(18(20)21)10-13(14)17-15(22)16-8-9-23-12-4-2-1-3-5-12/h1-7,10,19H,8-9H2,(H2,16,17,22). The van der Waals surface area contributed by atoms with Gasteiger partial charge in [-0.1, -0.05) is 18.2 Å². The van der Waals surface area contributed by atoms with Crippen LogP contribution in [-0.4, -0.2) is 27.4 Å². The molecule has 0 bridgehead atoms. The van der Waals surface area contributed by atoms with E-state index in [1.807, 2.05) is 30.3 Å². The van der Waals surface area contributed by atoms with Crippen LogP contribution in [0, 0.1) is 10.1 Å². The van der Waals surface area contributed by atoms with Gasteiger partial charge in [0.05, 0.1) is 10.6 Å². The maximum Gasteiger partial charge on any atom is 0.271 e. The smallest absolute Gasteiger partial charge is 0.271 e. The van der Waals surface area contributed by atoms with Crippen LogP contribution in [0.1, 0.15) is 0 Å². The van der Waals surface area contributed by atoms with Gasteiger partial charge >= 0.3 is 0 Å². The second-order valence-corrected chi connectivity index (χ2v) is 6.08. The number of thioether (sulfide) groups is 1. The van der Waals surface area contributed by atoms with E-state index in [-0.39, 0.29) is 17.1 Å². The van der Waals surface area contributed by atoms with Gasteiger partial charge in [0, 0.05) is 29.3 Å². The number of aromatic hydroxyl groups is 1. The maximum absolute atomic E-state index is 10.7. The lowest BCUT2D eigenvalue weighted by Crippen LogP contribution is -2.30. The number of hydrogen-bond acceptors (Lipinski definition) is 5. The summed E-state index contributed by atoms with van der Waals surface area (Å²) in [6, 6.07) is 13.7. The van der Waals surface area contributed by atoms with Gasteiger partial charge in [-0.3, -0.25) is 10.1 Å². The third-order valence-electron chi connectivity index (χ3n) is 2.84. The van der Waals surface area contributed by atoms with Gasteiger partial charge in [-0.15, -0.1) is 11.8 Å². The van der Waals surface area contributed by atoms with Gasteiger partial charge in [0.2, 0.25) is 0 Å². The van der Waals surface area contributed by atoms with Gasteiger partial charge in [-0.2, -0.15) is 0 Å². The first kappa shape index (κ1) is 17.0. The van der Waals surface area contributed by atoms with Crippen molar-refractivity contribution in [2.45, 2.75) is 4.90 Å². The normalized spacial score (nSPS) is 10.1. The summed E-state index contributed by atoms with van der Waals surface area (Å²) in [5, 5.41) is 26.5. The third-order valence-corrected chi connectivity index (χ3v) is 4.10. The Hall–Kier alpha value is -2.32. The highest BCUT2D eigenvalue weighted by Crippen LogP contribution is 2.27. The van der Waals surface area contributed by atoms with E-state index in [4.69, 9.17) is 12.2 Å². The van der Waals surface area contributed by atoms with Gasteiger partial charge in [0.15, 0.2) is 5.11 Å². The molecule has 0 radical (unpaired) electrons. The van der Waals surface area contributed by atoms with Crippen LogP contribution in [0.4, 0.5) is 11.4 Å².